The first-order valence-electron chi connectivity index (χ1n) is 3.19. The summed E-state index contributed by atoms with van der Waals surface area (Å²) in [5, 5.41) is 12.1. The van der Waals surface area contributed by atoms with Crippen molar-refractivity contribution in [2.45, 2.75) is 18.1 Å². The van der Waals surface area contributed by atoms with Crippen molar-refractivity contribution in [1.82, 2.24) is 0 Å². The van der Waals surface area contributed by atoms with Crippen LogP contribution < -0.4 is 0 Å². The second-order valence-corrected chi connectivity index (χ2v) is 2.21. The van der Waals surface area contributed by atoms with Crippen molar-refractivity contribution in [1.29, 1.82) is 0 Å². The minimum atomic E-state index is -0.539. The Morgan fingerprint density at radius 1 is 1.75 bits per heavy atom. The zero-order chi connectivity index (χ0) is 8.27. The summed E-state index contributed by atoms with van der Waals surface area (Å²) in [7, 11) is 5.35. The normalized spacial score (nSPS) is 33.6. The molecular formula is C5H7BN3O2Y-. The van der Waals surface area contributed by atoms with Gasteiger partial charge in [0.25, 0.3) is 0 Å². The summed E-state index contributed by atoms with van der Waals surface area (Å²) < 4.78 is 4.98. The fraction of sp³-hybridized carbons (Fsp3) is 0.800. The van der Waals surface area contributed by atoms with Crippen molar-refractivity contribution in [2.75, 3.05) is 6.61 Å². The van der Waals surface area contributed by atoms with Gasteiger partial charge in [-0.25, -0.2) is 0 Å². The van der Waals surface area contributed by atoms with Crippen LogP contribution in [0.5, 0.6) is 0 Å². The van der Waals surface area contributed by atoms with E-state index in [1.54, 1.807) is 6.42 Å². The topological polar surface area (TPSA) is 78.2 Å². The fourth-order valence-corrected chi connectivity index (χ4v) is 0.969. The summed E-state index contributed by atoms with van der Waals surface area (Å²) in [6, 6.07) is -0.984. The molecule has 1 N–H and O–H groups in total. The second-order valence-electron chi connectivity index (χ2n) is 2.21. The van der Waals surface area contributed by atoms with Crippen LogP contribution in [0.3, 0.4) is 0 Å². The molecule has 1 saturated heterocycles. The van der Waals surface area contributed by atoms with Crippen molar-refractivity contribution in [2.24, 2.45) is 5.11 Å². The van der Waals surface area contributed by atoms with Crippen LogP contribution in [-0.4, -0.2) is 37.7 Å². The summed E-state index contributed by atoms with van der Waals surface area (Å²) in [6.45, 7) is -0.187. The van der Waals surface area contributed by atoms with E-state index in [-0.39, 0.29) is 39.3 Å². The largest absolute Gasteiger partial charge is 0.415 e. The number of rotatable bonds is 2. The van der Waals surface area contributed by atoms with Crippen LogP contribution in [0.2, 0.25) is 0 Å². The molecule has 7 heteroatoms. The van der Waals surface area contributed by atoms with Crippen molar-refractivity contribution >= 4 is 7.85 Å². The average Bonchev–Trinajstić information content (AvgIpc) is 2.32. The first kappa shape index (κ1) is 12.4. The maximum Gasteiger partial charge on any atom is 0.0670 e. The molecule has 3 radical (unpaired) electrons. The van der Waals surface area contributed by atoms with E-state index in [1.807, 2.05) is 0 Å². The molecule has 61 valence electrons. The van der Waals surface area contributed by atoms with Gasteiger partial charge in [-0.2, -0.15) is 0 Å². The molecule has 0 spiro atoms. The number of azide groups is 1. The van der Waals surface area contributed by atoms with Crippen LogP contribution in [0.1, 0.15) is 0 Å². The molecule has 12 heavy (non-hydrogen) atoms. The molecule has 5 nitrogen and oxygen atoms in total. The smallest absolute Gasteiger partial charge is 0.0670 e. The molecule has 0 amide bonds. The molecular weight excluding hydrogens is 234 g/mol. The van der Waals surface area contributed by atoms with E-state index in [4.69, 9.17) is 23.2 Å². The maximum absolute atomic E-state index is 8.70. The average molecular weight is 241 g/mol. The molecule has 1 fully saturated rings. The monoisotopic (exact) mass is 241 g/mol. The zero-order valence-corrected chi connectivity index (χ0v) is 9.21. The number of nitrogens with zero attached hydrogens (tertiary/aromatic N) is 3. The quantitative estimate of drug-likeness (QED) is 0.238. The molecule has 0 aromatic carbocycles. The maximum atomic E-state index is 8.70. The molecule has 0 aromatic heterocycles. The zero-order valence-electron chi connectivity index (χ0n) is 6.37. The van der Waals surface area contributed by atoms with Gasteiger partial charge in [0.2, 0.25) is 0 Å². The molecule has 0 bridgehead atoms. The molecule has 3 unspecified atom stereocenters. The molecule has 0 aliphatic carbocycles. The summed E-state index contributed by atoms with van der Waals surface area (Å²) >= 11 is 0. The third-order valence-corrected chi connectivity index (χ3v) is 1.46. The Morgan fingerprint density at radius 3 is 2.92 bits per heavy atom. The molecule has 0 saturated carbocycles. The van der Waals surface area contributed by atoms with E-state index in [1.165, 1.54) is 0 Å². The SMILES string of the molecule is [B]C1[CH-]C(N=[N+]=[N-])C(CO)O1.[Y]. The van der Waals surface area contributed by atoms with Gasteiger partial charge in [0.1, 0.15) is 0 Å². The number of ether oxygens (including phenoxy) is 1. The standard InChI is InChI=1S/C5H7BN3O2.Y/c6-5-1-3(8-9-7)4(2-10)11-5;/h1,3-5,10H,2H2;/q-1;. The Kier molecular flexibility index (Phi) is 6.14. The van der Waals surface area contributed by atoms with Gasteiger partial charge in [0, 0.05) is 32.7 Å². The van der Waals surface area contributed by atoms with Crippen molar-refractivity contribution in [3.8, 4) is 0 Å². The summed E-state index contributed by atoms with van der Waals surface area (Å²) in [5.74, 6) is 0. The van der Waals surface area contributed by atoms with Gasteiger partial charge in [-0.1, -0.05) is 12.0 Å². The Bertz CT molecular complexity index is 188. The van der Waals surface area contributed by atoms with Crippen molar-refractivity contribution in [3.05, 3.63) is 16.9 Å². The second kappa shape index (κ2) is 5.95. The van der Waals surface area contributed by atoms with Crippen molar-refractivity contribution in [3.63, 3.8) is 0 Å². The summed E-state index contributed by atoms with van der Waals surface area (Å²) in [4.78, 5) is 2.60. The van der Waals surface area contributed by atoms with Crippen LogP contribution >= 0.6 is 0 Å². The minimum Gasteiger partial charge on any atom is -0.415 e. The number of aliphatic hydroxyl groups excluding tert-OH is 1. The third-order valence-electron chi connectivity index (χ3n) is 1.46. The van der Waals surface area contributed by atoms with E-state index in [2.05, 4.69) is 10.0 Å². The van der Waals surface area contributed by atoms with E-state index in [0.29, 0.717) is 0 Å². The molecule has 1 aliphatic heterocycles. The molecule has 1 rings (SSSR count). The fourth-order valence-electron chi connectivity index (χ4n) is 0.969. The first-order chi connectivity index (χ1) is 5.27. The molecule has 1 aliphatic rings. The Balaban J connectivity index is 0.00000121. The number of hydrogen-bond donors (Lipinski definition) is 1. The Morgan fingerprint density at radius 2 is 2.42 bits per heavy atom. The van der Waals surface area contributed by atoms with Crippen LogP contribution in [0.15, 0.2) is 5.11 Å². The van der Waals surface area contributed by atoms with E-state index in [9.17, 15) is 0 Å². The molecule has 1 heterocycles. The van der Waals surface area contributed by atoms with E-state index in [0.717, 1.165) is 0 Å². The van der Waals surface area contributed by atoms with Gasteiger partial charge in [-0.05, 0) is 10.4 Å². The molecule has 3 atom stereocenters. The van der Waals surface area contributed by atoms with Gasteiger partial charge in [-0.15, -0.1) is 5.11 Å². The number of aliphatic hydroxyl groups is 1. The van der Waals surface area contributed by atoms with Crippen LogP contribution in [-0.2, 0) is 37.4 Å². The van der Waals surface area contributed by atoms with Crippen LogP contribution in [0, 0.1) is 6.42 Å². The first-order valence-corrected chi connectivity index (χ1v) is 3.19. The predicted molar refractivity (Wildman–Crippen MR) is 38.7 cm³/mol. The third kappa shape index (κ3) is 3.03. The van der Waals surface area contributed by atoms with Crippen LogP contribution in [0.4, 0.5) is 0 Å². The predicted octanol–water partition coefficient (Wildman–Crippen LogP) is -0.247. The van der Waals surface area contributed by atoms with Gasteiger partial charge < -0.3 is 9.84 Å². The Hall–Kier alpha value is 0.399. The summed E-state index contributed by atoms with van der Waals surface area (Å²) in [5.41, 5.74) is 8.09. The van der Waals surface area contributed by atoms with Gasteiger partial charge in [0.15, 0.2) is 0 Å². The van der Waals surface area contributed by atoms with E-state index >= 15 is 0 Å². The van der Waals surface area contributed by atoms with Crippen LogP contribution in [0.25, 0.3) is 10.4 Å². The molecule has 0 aromatic rings. The Labute approximate surface area is 96.8 Å². The summed E-state index contributed by atoms with van der Waals surface area (Å²) in [6.07, 6.45) is 1.07. The number of hydrogen-bond acceptors (Lipinski definition) is 3. The minimum absolute atomic E-state index is 0. The van der Waals surface area contributed by atoms with Crippen molar-refractivity contribution < 1.29 is 42.6 Å². The van der Waals surface area contributed by atoms with Gasteiger partial charge >= 0.3 is 0 Å². The van der Waals surface area contributed by atoms with Gasteiger partial charge in [0.05, 0.1) is 20.6 Å². The van der Waals surface area contributed by atoms with E-state index < -0.39 is 18.1 Å². The van der Waals surface area contributed by atoms with Gasteiger partial charge in [-0.3, -0.25) is 6.42 Å².